The molecule has 6 heteroatoms. The second kappa shape index (κ2) is 7.35. The van der Waals surface area contributed by atoms with Gasteiger partial charge in [0.2, 0.25) is 0 Å². The molecule has 2 N–H and O–H groups in total. The van der Waals surface area contributed by atoms with Crippen LogP contribution in [0.1, 0.15) is 61.5 Å². The van der Waals surface area contributed by atoms with Gasteiger partial charge in [-0.3, -0.25) is 4.79 Å². The fourth-order valence-corrected chi connectivity index (χ4v) is 3.40. The largest absolute Gasteiger partial charge is 0.391 e. The topological polar surface area (TPSA) is 67.2 Å². The molecule has 2 atom stereocenters. The zero-order valence-electron chi connectivity index (χ0n) is 14.6. The molecule has 1 saturated carbocycles. The van der Waals surface area contributed by atoms with Gasteiger partial charge in [-0.15, -0.1) is 0 Å². The van der Waals surface area contributed by atoms with Crippen LogP contribution >= 0.6 is 0 Å². The van der Waals surface area contributed by atoms with Crippen LogP contribution in [0, 0.1) is 5.82 Å². The van der Waals surface area contributed by atoms with Crippen LogP contribution in [0.4, 0.5) is 4.39 Å². The molecular formula is C19H24FN3O2. The molecule has 0 radical (unpaired) electrons. The van der Waals surface area contributed by atoms with E-state index in [0.29, 0.717) is 11.3 Å². The molecule has 3 rings (SSSR count). The summed E-state index contributed by atoms with van der Waals surface area (Å²) in [6.45, 7) is 3.98. The molecule has 2 unspecified atom stereocenters. The number of carbonyl (C=O) groups excluding carboxylic acids is 1. The fourth-order valence-electron chi connectivity index (χ4n) is 3.40. The number of aliphatic hydroxyl groups excluding tert-OH is 1. The van der Waals surface area contributed by atoms with Crippen molar-refractivity contribution in [2.75, 3.05) is 0 Å². The number of amides is 1. The standard InChI is InChI=1S/C19H24FN3O2/c1-12(2)18-15(19(25)22-16-5-3-4-6-17(16)24)11-21-23(18)14-9-7-13(20)8-10-14/h7-12,16-17,24H,3-6H2,1-2H3,(H,22,25). The van der Waals surface area contributed by atoms with Gasteiger partial charge in [-0.2, -0.15) is 5.10 Å². The van der Waals surface area contributed by atoms with Crippen LogP contribution in [0.25, 0.3) is 5.69 Å². The highest BCUT2D eigenvalue weighted by molar-refractivity contribution is 5.95. The van der Waals surface area contributed by atoms with E-state index in [4.69, 9.17) is 0 Å². The Morgan fingerprint density at radius 1 is 1.28 bits per heavy atom. The minimum absolute atomic E-state index is 0.0598. The predicted octanol–water partition coefficient (Wildman–Crippen LogP) is 3.17. The predicted molar refractivity (Wildman–Crippen MR) is 93.3 cm³/mol. The van der Waals surface area contributed by atoms with Gasteiger partial charge in [0.15, 0.2) is 0 Å². The number of hydrogen-bond donors (Lipinski definition) is 2. The average molecular weight is 345 g/mol. The van der Waals surface area contributed by atoms with Crippen LogP contribution in [0.2, 0.25) is 0 Å². The Kier molecular flexibility index (Phi) is 5.18. The van der Waals surface area contributed by atoms with Gasteiger partial charge in [0, 0.05) is 0 Å². The first kappa shape index (κ1) is 17.6. The Bertz CT molecular complexity index is 740. The summed E-state index contributed by atoms with van der Waals surface area (Å²) in [5.74, 6) is -0.473. The highest BCUT2D eigenvalue weighted by Crippen LogP contribution is 2.24. The molecule has 5 nitrogen and oxygen atoms in total. The highest BCUT2D eigenvalue weighted by atomic mass is 19.1. The zero-order valence-corrected chi connectivity index (χ0v) is 14.6. The zero-order chi connectivity index (χ0) is 18.0. The van der Waals surface area contributed by atoms with Crippen molar-refractivity contribution in [2.24, 2.45) is 0 Å². The van der Waals surface area contributed by atoms with Crippen molar-refractivity contribution in [1.82, 2.24) is 15.1 Å². The number of benzene rings is 1. The summed E-state index contributed by atoms with van der Waals surface area (Å²) in [5, 5.41) is 17.4. The number of hydrogen-bond acceptors (Lipinski definition) is 3. The van der Waals surface area contributed by atoms with Crippen molar-refractivity contribution in [3.05, 3.63) is 47.5 Å². The van der Waals surface area contributed by atoms with Crippen LogP contribution < -0.4 is 5.32 Å². The number of nitrogens with zero attached hydrogens (tertiary/aromatic N) is 2. The molecule has 1 aliphatic carbocycles. The Hall–Kier alpha value is -2.21. The second-order valence-electron chi connectivity index (χ2n) is 6.92. The maximum atomic E-state index is 13.2. The van der Waals surface area contributed by atoms with E-state index in [2.05, 4.69) is 10.4 Å². The maximum absolute atomic E-state index is 13.2. The second-order valence-corrected chi connectivity index (χ2v) is 6.92. The van der Waals surface area contributed by atoms with E-state index in [0.717, 1.165) is 31.4 Å². The maximum Gasteiger partial charge on any atom is 0.255 e. The van der Waals surface area contributed by atoms with E-state index < -0.39 is 6.10 Å². The monoisotopic (exact) mass is 345 g/mol. The van der Waals surface area contributed by atoms with Crippen molar-refractivity contribution in [3.63, 3.8) is 0 Å². The molecule has 1 aromatic carbocycles. The van der Waals surface area contributed by atoms with Gasteiger partial charge in [-0.25, -0.2) is 9.07 Å². The number of nitrogens with one attached hydrogen (secondary N) is 1. The third kappa shape index (κ3) is 3.74. The number of rotatable bonds is 4. The quantitative estimate of drug-likeness (QED) is 0.894. The molecule has 0 spiro atoms. The molecule has 2 aromatic rings. The Morgan fingerprint density at radius 2 is 1.96 bits per heavy atom. The smallest absolute Gasteiger partial charge is 0.255 e. The first-order valence-corrected chi connectivity index (χ1v) is 8.80. The lowest BCUT2D eigenvalue weighted by molar-refractivity contribution is 0.0716. The molecule has 1 aromatic heterocycles. The van der Waals surface area contributed by atoms with Gasteiger partial charge in [0.25, 0.3) is 5.91 Å². The molecule has 0 aliphatic heterocycles. The summed E-state index contributed by atoms with van der Waals surface area (Å²) in [6.07, 6.45) is 4.56. The molecule has 0 saturated heterocycles. The molecule has 1 fully saturated rings. The average Bonchev–Trinajstić information content (AvgIpc) is 3.03. The molecule has 25 heavy (non-hydrogen) atoms. The summed E-state index contributed by atoms with van der Waals surface area (Å²) in [4.78, 5) is 12.7. The molecule has 0 bridgehead atoms. The van der Waals surface area contributed by atoms with E-state index in [1.165, 1.54) is 12.1 Å². The number of aromatic nitrogens is 2. The van der Waals surface area contributed by atoms with Crippen molar-refractivity contribution < 1.29 is 14.3 Å². The summed E-state index contributed by atoms with van der Waals surface area (Å²) >= 11 is 0. The Morgan fingerprint density at radius 3 is 2.60 bits per heavy atom. The molecule has 1 amide bonds. The third-order valence-electron chi connectivity index (χ3n) is 4.72. The van der Waals surface area contributed by atoms with Crippen molar-refractivity contribution in [1.29, 1.82) is 0 Å². The van der Waals surface area contributed by atoms with Crippen molar-refractivity contribution in [3.8, 4) is 5.69 Å². The van der Waals surface area contributed by atoms with Gasteiger partial charge in [0.05, 0.1) is 35.3 Å². The molecule has 1 aliphatic rings. The molecular weight excluding hydrogens is 321 g/mol. The van der Waals surface area contributed by atoms with E-state index >= 15 is 0 Å². The summed E-state index contributed by atoms with van der Waals surface area (Å²) in [7, 11) is 0. The Balaban J connectivity index is 1.88. The van der Waals surface area contributed by atoms with Crippen LogP contribution in [0.3, 0.4) is 0 Å². The van der Waals surface area contributed by atoms with Crippen LogP contribution in [0.5, 0.6) is 0 Å². The van der Waals surface area contributed by atoms with Gasteiger partial charge >= 0.3 is 0 Å². The SMILES string of the molecule is CC(C)c1c(C(=O)NC2CCCCC2O)cnn1-c1ccc(F)cc1. The molecule has 134 valence electrons. The number of halogens is 1. The number of aliphatic hydroxyl groups is 1. The first-order chi connectivity index (χ1) is 12.0. The molecule has 1 heterocycles. The lowest BCUT2D eigenvalue weighted by Crippen LogP contribution is -2.45. The fraction of sp³-hybridized carbons (Fsp3) is 0.474. The summed E-state index contributed by atoms with van der Waals surface area (Å²) in [6, 6.07) is 5.82. The van der Waals surface area contributed by atoms with E-state index in [1.54, 1.807) is 23.0 Å². The van der Waals surface area contributed by atoms with Crippen LogP contribution in [-0.2, 0) is 0 Å². The lowest BCUT2D eigenvalue weighted by atomic mass is 9.92. The van der Waals surface area contributed by atoms with Crippen LogP contribution in [0.15, 0.2) is 30.5 Å². The van der Waals surface area contributed by atoms with Crippen molar-refractivity contribution >= 4 is 5.91 Å². The Labute approximate surface area is 146 Å². The van der Waals surface area contributed by atoms with Crippen molar-refractivity contribution in [2.45, 2.75) is 57.6 Å². The minimum atomic E-state index is -0.493. The highest BCUT2D eigenvalue weighted by Gasteiger charge is 2.27. The normalized spacial score (nSPS) is 20.7. The number of carbonyl (C=O) groups is 1. The van der Waals surface area contributed by atoms with Gasteiger partial charge in [-0.05, 0) is 43.0 Å². The summed E-state index contributed by atoms with van der Waals surface area (Å²) in [5.41, 5.74) is 1.98. The van der Waals surface area contributed by atoms with E-state index in [-0.39, 0.29) is 23.7 Å². The van der Waals surface area contributed by atoms with Crippen LogP contribution in [-0.4, -0.2) is 32.9 Å². The first-order valence-electron chi connectivity index (χ1n) is 8.80. The van der Waals surface area contributed by atoms with Gasteiger partial charge in [-0.1, -0.05) is 26.7 Å². The third-order valence-corrected chi connectivity index (χ3v) is 4.72. The lowest BCUT2D eigenvalue weighted by Gasteiger charge is -2.28. The summed E-state index contributed by atoms with van der Waals surface area (Å²) < 4.78 is 14.9. The minimum Gasteiger partial charge on any atom is -0.391 e. The van der Waals surface area contributed by atoms with Gasteiger partial charge < -0.3 is 10.4 Å². The van der Waals surface area contributed by atoms with Gasteiger partial charge in [0.1, 0.15) is 5.82 Å². The van der Waals surface area contributed by atoms with E-state index in [1.807, 2.05) is 13.8 Å². The van der Waals surface area contributed by atoms with E-state index in [9.17, 15) is 14.3 Å².